The number of fused-ring (bicyclic) bond motifs is 1. The van der Waals surface area contributed by atoms with Crippen molar-refractivity contribution >= 4 is 27.5 Å². The number of para-hydroxylation sites is 1. The minimum absolute atomic E-state index is 0.0366. The number of hydrogen-bond acceptors (Lipinski definition) is 5. The molecule has 3 aromatic rings. The van der Waals surface area contributed by atoms with Gasteiger partial charge in [-0.25, -0.2) is 4.98 Å². The first-order chi connectivity index (χ1) is 14.5. The fraction of sp³-hybridized carbons (Fsp3) is 0.417. The fourth-order valence-electron chi connectivity index (χ4n) is 3.79. The first-order valence-electron chi connectivity index (χ1n) is 10.5. The third-order valence-corrected chi connectivity index (χ3v) is 6.55. The smallest absolute Gasteiger partial charge is 0.254 e. The normalized spacial score (nSPS) is 16.8. The zero-order chi connectivity index (χ0) is 21.1. The summed E-state index contributed by atoms with van der Waals surface area (Å²) in [7, 11) is 1.61. The minimum Gasteiger partial charge on any atom is -0.493 e. The van der Waals surface area contributed by atoms with Crippen LogP contribution in [0.5, 0.6) is 11.5 Å². The minimum atomic E-state index is 0.0366. The van der Waals surface area contributed by atoms with Crippen LogP contribution in [0, 0.1) is 5.92 Å². The quantitative estimate of drug-likeness (QED) is 0.535. The molecule has 0 radical (unpaired) electrons. The number of methoxy groups -OCH3 is 1. The molecule has 1 atom stereocenters. The molecule has 4 rings (SSSR count). The van der Waals surface area contributed by atoms with Crippen LogP contribution in [-0.4, -0.2) is 42.6 Å². The highest BCUT2D eigenvalue weighted by molar-refractivity contribution is 7.18. The summed E-state index contributed by atoms with van der Waals surface area (Å²) in [5, 5.41) is 1.13. The van der Waals surface area contributed by atoms with Crippen molar-refractivity contribution in [1.82, 2.24) is 9.88 Å². The summed E-state index contributed by atoms with van der Waals surface area (Å²) in [6, 6.07) is 13.7. The molecule has 0 saturated carbocycles. The number of rotatable bonds is 6. The van der Waals surface area contributed by atoms with Crippen LogP contribution in [0.4, 0.5) is 0 Å². The molecular formula is C24H28N2O3S. The molecule has 0 bridgehead atoms. The highest BCUT2D eigenvalue weighted by atomic mass is 32.1. The predicted octanol–water partition coefficient (Wildman–Crippen LogP) is 5.36. The van der Waals surface area contributed by atoms with E-state index in [0.717, 1.165) is 29.9 Å². The second-order valence-corrected chi connectivity index (χ2v) is 9.24. The van der Waals surface area contributed by atoms with Crippen LogP contribution in [0.1, 0.15) is 48.0 Å². The summed E-state index contributed by atoms with van der Waals surface area (Å²) in [6.45, 7) is 6.28. The van der Waals surface area contributed by atoms with Crippen LogP contribution >= 0.6 is 11.3 Å². The van der Waals surface area contributed by atoms with Gasteiger partial charge >= 0.3 is 0 Å². The zero-order valence-electron chi connectivity index (χ0n) is 17.8. The molecule has 1 aromatic heterocycles. The van der Waals surface area contributed by atoms with E-state index in [1.165, 1.54) is 4.70 Å². The van der Waals surface area contributed by atoms with Crippen molar-refractivity contribution in [3.8, 4) is 11.5 Å². The number of amides is 1. The van der Waals surface area contributed by atoms with E-state index in [2.05, 4.69) is 26.0 Å². The van der Waals surface area contributed by atoms with Crippen LogP contribution in [0.3, 0.4) is 0 Å². The summed E-state index contributed by atoms with van der Waals surface area (Å²) >= 11 is 1.74. The predicted molar refractivity (Wildman–Crippen MR) is 121 cm³/mol. The fourth-order valence-corrected chi connectivity index (χ4v) is 4.88. The number of hydrogen-bond donors (Lipinski definition) is 0. The van der Waals surface area contributed by atoms with Gasteiger partial charge < -0.3 is 14.4 Å². The summed E-state index contributed by atoms with van der Waals surface area (Å²) in [5.41, 5.74) is 1.68. The van der Waals surface area contributed by atoms with Gasteiger partial charge in [-0.05, 0) is 49.1 Å². The Morgan fingerprint density at radius 1 is 1.23 bits per heavy atom. The van der Waals surface area contributed by atoms with Crippen molar-refractivity contribution in [3.63, 3.8) is 0 Å². The van der Waals surface area contributed by atoms with Crippen molar-refractivity contribution < 1.29 is 14.3 Å². The van der Waals surface area contributed by atoms with E-state index in [1.54, 1.807) is 24.5 Å². The molecule has 1 aliphatic rings. The topological polar surface area (TPSA) is 51.7 Å². The molecule has 6 heteroatoms. The van der Waals surface area contributed by atoms with Gasteiger partial charge in [0, 0.05) is 24.6 Å². The van der Waals surface area contributed by atoms with Gasteiger partial charge in [0.15, 0.2) is 11.5 Å². The van der Waals surface area contributed by atoms with Crippen molar-refractivity contribution in [2.24, 2.45) is 5.92 Å². The third-order valence-electron chi connectivity index (χ3n) is 5.35. The average Bonchev–Trinajstić information content (AvgIpc) is 3.21. The van der Waals surface area contributed by atoms with Crippen molar-refractivity contribution in [2.45, 2.75) is 32.6 Å². The standard InChI is InChI=1S/C24H28N2O3S/c1-16(2)15-29-20-11-10-17(13-21(20)28-3)24(27)26-12-6-7-18(14-26)23-25-19-8-4-5-9-22(19)30-23/h4-5,8-11,13,16,18H,6-7,12,14-15H2,1-3H3/t18-/m1/s1. The van der Waals surface area contributed by atoms with E-state index in [4.69, 9.17) is 14.5 Å². The summed E-state index contributed by atoms with van der Waals surface area (Å²) in [4.78, 5) is 20.0. The molecule has 0 spiro atoms. The molecule has 1 fully saturated rings. The van der Waals surface area contributed by atoms with E-state index in [-0.39, 0.29) is 11.8 Å². The summed E-state index contributed by atoms with van der Waals surface area (Å²) in [6.07, 6.45) is 2.05. The van der Waals surface area contributed by atoms with E-state index in [9.17, 15) is 4.79 Å². The van der Waals surface area contributed by atoms with Crippen LogP contribution in [0.25, 0.3) is 10.2 Å². The van der Waals surface area contributed by atoms with E-state index in [1.807, 2.05) is 29.2 Å². The maximum atomic E-state index is 13.2. The number of carbonyl (C=O) groups excluding carboxylic acids is 1. The Hall–Kier alpha value is -2.60. The maximum Gasteiger partial charge on any atom is 0.254 e. The number of carbonyl (C=O) groups is 1. The molecule has 5 nitrogen and oxygen atoms in total. The molecule has 1 amide bonds. The second kappa shape index (κ2) is 9.04. The first-order valence-corrected chi connectivity index (χ1v) is 11.3. The zero-order valence-corrected chi connectivity index (χ0v) is 18.6. The van der Waals surface area contributed by atoms with Crippen LogP contribution in [-0.2, 0) is 0 Å². The largest absolute Gasteiger partial charge is 0.493 e. The van der Waals surface area contributed by atoms with Gasteiger partial charge in [0.1, 0.15) is 0 Å². The lowest BCUT2D eigenvalue weighted by Crippen LogP contribution is -2.39. The Kier molecular flexibility index (Phi) is 6.23. The van der Waals surface area contributed by atoms with Crippen molar-refractivity contribution in [2.75, 3.05) is 26.8 Å². The van der Waals surface area contributed by atoms with E-state index >= 15 is 0 Å². The van der Waals surface area contributed by atoms with Gasteiger partial charge in [-0.1, -0.05) is 26.0 Å². The Morgan fingerprint density at radius 3 is 2.83 bits per heavy atom. The van der Waals surface area contributed by atoms with Gasteiger partial charge in [0.25, 0.3) is 5.91 Å². The monoisotopic (exact) mass is 424 g/mol. The molecule has 1 saturated heterocycles. The molecular weight excluding hydrogens is 396 g/mol. The molecule has 2 aromatic carbocycles. The van der Waals surface area contributed by atoms with Crippen molar-refractivity contribution in [3.05, 3.63) is 53.0 Å². The number of nitrogens with zero attached hydrogens (tertiary/aromatic N) is 2. The van der Waals surface area contributed by atoms with Crippen molar-refractivity contribution in [1.29, 1.82) is 0 Å². The van der Waals surface area contributed by atoms with Gasteiger partial charge in [0.05, 0.1) is 28.9 Å². The summed E-state index contributed by atoms with van der Waals surface area (Å²) in [5.74, 6) is 2.02. The molecule has 1 aliphatic heterocycles. The maximum absolute atomic E-state index is 13.2. The van der Waals surface area contributed by atoms with Gasteiger partial charge in [-0.2, -0.15) is 0 Å². The van der Waals surface area contributed by atoms with Gasteiger partial charge in [-0.15, -0.1) is 11.3 Å². The number of benzene rings is 2. The first kappa shape index (κ1) is 20.7. The number of aromatic nitrogens is 1. The summed E-state index contributed by atoms with van der Waals surface area (Å²) < 4.78 is 12.5. The second-order valence-electron chi connectivity index (χ2n) is 8.18. The lowest BCUT2D eigenvalue weighted by Gasteiger charge is -2.32. The lowest BCUT2D eigenvalue weighted by atomic mass is 9.98. The Balaban J connectivity index is 1.49. The highest BCUT2D eigenvalue weighted by Gasteiger charge is 2.28. The number of piperidine rings is 1. The molecule has 0 N–H and O–H groups in total. The molecule has 158 valence electrons. The van der Waals surface area contributed by atoms with Crippen LogP contribution in [0.15, 0.2) is 42.5 Å². The molecule has 0 unspecified atom stereocenters. The lowest BCUT2D eigenvalue weighted by molar-refractivity contribution is 0.0706. The van der Waals surface area contributed by atoms with Crippen LogP contribution in [0.2, 0.25) is 0 Å². The number of ether oxygens (including phenoxy) is 2. The number of likely N-dealkylation sites (tertiary alicyclic amines) is 1. The van der Waals surface area contributed by atoms with E-state index in [0.29, 0.717) is 36.1 Å². The SMILES string of the molecule is COc1cc(C(=O)N2CCC[C@@H](c3nc4ccccc4s3)C2)ccc1OCC(C)C. The van der Waals surface area contributed by atoms with Crippen LogP contribution < -0.4 is 9.47 Å². The molecule has 30 heavy (non-hydrogen) atoms. The Bertz CT molecular complexity index is 997. The molecule has 2 heterocycles. The van der Waals surface area contributed by atoms with Gasteiger partial charge in [0.2, 0.25) is 0 Å². The van der Waals surface area contributed by atoms with Gasteiger partial charge in [-0.3, -0.25) is 4.79 Å². The number of thiazole rings is 1. The Labute approximate surface area is 181 Å². The average molecular weight is 425 g/mol. The van der Waals surface area contributed by atoms with E-state index < -0.39 is 0 Å². The molecule has 0 aliphatic carbocycles. The highest BCUT2D eigenvalue weighted by Crippen LogP contribution is 2.34. The third kappa shape index (κ3) is 4.43. The Morgan fingerprint density at radius 2 is 2.07 bits per heavy atom.